The molecule has 0 amide bonds. The molecule has 0 aromatic heterocycles. The first kappa shape index (κ1) is 30.2. The van der Waals surface area contributed by atoms with Crippen LogP contribution in [0.1, 0.15) is 25.0 Å². The maximum absolute atomic E-state index is 2.46. The van der Waals surface area contributed by atoms with E-state index in [4.69, 9.17) is 0 Å². The van der Waals surface area contributed by atoms with Crippen LogP contribution in [-0.4, -0.2) is 0 Å². The van der Waals surface area contributed by atoms with Gasteiger partial charge in [0.1, 0.15) is 0 Å². The van der Waals surface area contributed by atoms with E-state index in [1.807, 2.05) is 0 Å². The molecule has 0 saturated carbocycles. The highest BCUT2D eigenvalue weighted by molar-refractivity contribution is 6.24. The van der Waals surface area contributed by atoms with Gasteiger partial charge in [0.15, 0.2) is 0 Å². The third-order valence-corrected chi connectivity index (χ3v) is 12.0. The summed E-state index contributed by atoms with van der Waals surface area (Å²) in [6.45, 7) is 4.80. The van der Waals surface area contributed by atoms with Crippen molar-refractivity contribution in [2.45, 2.75) is 19.3 Å². The number of rotatable bonds is 3. The Morgan fingerprint density at radius 1 is 0.302 bits per heavy atom. The Bertz CT molecular complexity index is 3080. The first-order valence-electron chi connectivity index (χ1n) is 18.7. The third-order valence-electron chi connectivity index (χ3n) is 12.0. The van der Waals surface area contributed by atoms with E-state index in [-0.39, 0.29) is 5.41 Å². The van der Waals surface area contributed by atoms with Crippen LogP contribution in [0.15, 0.2) is 182 Å². The van der Waals surface area contributed by atoms with Crippen LogP contribution in [0.25, 0.3) is 98.4 Å². The van der Waals surface area contributed by atoms with Crippen LogP contribution in [0.3, 0.4) is 0 Å². The summed E-state index contributed by atoms with van der Waals surface area (Å²) in [6, 6.07) is 67.8. The van der Waals surface area contributed by atoms with Gasteiger partial charge in [0.25, 0.3) is 0 Å². The molecule has 10 aromatic carbocycles. The summed E-state index contributed by atoms with van der Waals surface area (Å²) in [6.07, 6.45) is 0. The van der Waals surface area contributed by atoms with Gasteiger partial charge in [-0.3, -0.25) is 0 Å². The van der Waals surface area contributed by atoms with Gasteiger partial charge in [0.2, 0.25) is 0 Å². The third kappa shape index (κ3) is 4.30. The molecule has 0 heterocycles. The average molecular weight is 673 g/mol. The predicted molar refractivity (Wildman–Crippen MR) is 228 cm³/mol. The minimum Gasteiger partial charge on any atom is -0.0616 e. The quantitative estimate of drug-likeness (QED) is 0.129. The topological polar surface area (TPSA) is 0 Å². The van der Waals surface area contributed by atoms with Gasteiger partial charge < -0.3 is 0 Å². The van der Waals surface area contributed by atoms with E-state index in [2.05, 4.69) is 196 Å². The van der Waals surface area contributed by atoms with Crippen molar-refractivity contribution in [3.05, 3.63) is 193 Å². The van der Waals surface area contributed by atoms with Crippen molar-refractivity contribution in [3.63, 3.8) is 0 Å². The van der Waals surface area contributed by atoms with Gasteiger partial charge in [-0.05, 0) is 122 Å². The largest absolute Gasteiger partial charge is 0.0616 e. The van der Waals surface area contributed by atoms with Crippen LogP contribution in [0.5, 0.6) is 0 Å². The molecule has 0 heteroatoms. The van der Waals surface area contributed by atoms with Gasteiger partial charge in [0, 0.05) is 5.41 Å². The number of hydrogen-bond donors (Lipinski definition) is 0. The van der Waals surface area contributed by atoms with Crippen molar-refractivity contribution in [3.8, 4) is 44.5 Å². The molecule has 53 heavy (non-hydrogen) atoms. The molecule has 0 bridgehead atoms. The Kier molecular flexibility index (Phi) is 6.40. The molecule has 248 valence electrons. The van der Waals surface area contributed by atoms with E-state index in [0.29, 0.717) is 0 Å². The highest BCUT2D eigenvalue weighted by atomic mass is 14.4. The van der Waals surface area contributed by atoms with Crippen molar-refractivity contribution in [2.75, 3.05) is 0 Å². The predicted octanol–water partition coefficient (Wildman–Crippen LogP) is 14.8. The first-order valence-corrected chi connectivity index (χ1v) is 18.7. The van der Waals surface area contributed by atoms with Crippen LogP contribution in [0.2, 0.25) is 0 Å². The molecule has 0 aliphatic heterocycles. The van der Waals surface area contributed by atoms with Gasteiger partial charge >= 0.3 is 0 Å². The lowest BCUT2D eigenvalue weighted by Gasteiger charge is -2.24. The summed E-state index contributed by atoms with van der Waals surface area (Å²) in [5.74, 6) is 0. The molecule has 10 aromatic rings. The Balaban J connectivity index is 1.14. The van der Waals surface area contributed by atoms with Crippen LogP contribution in [-0.2, 0) is 5.41 Å². The fraction of sp³-hybridized carbons (Fsp3) is 0.0566. The molecular formula is C53H36. The van der Waals surface area contributed by atoms with Crippen molar-refractivity contribution >= 4 is 53.9 Å². The Hall–Kier alpha value is -6.50. The van der Waals surface area contributed by atoms with Gasteiger partial charge in [0.05, 0.1) is 0 Å². The zero-order chi connectivity index (χ0) is 35.3. The van der Waals surface area contributed by atoms with E-state index in [1.165, 1.54) is 109 Å². The average Bonchev–Trinajstić information content (AvgIpc) is 3.46. The van der Waals surface area contributed by atoms with Crippen LogP contribution in [0, 0.1) is 0 Å². The molecule has 0 radical (unpaired) electrons. The first-order chi connectivity index (χ1) is 26.1. The molecule has 1 aliphatic rings. The van der Waals surface area contributed by atoms with E-state index >= 15 is 0 Å². The molecule has 0 saturated heterocycles. The minimum atomic E-state index is -0.113. The summed E-state index contributed by atoms with van der Waals surface area (Å²) in [5, 5.41) is 13.0. The molecular weight excluding hydrogens is 637 g/mol. The Labute approximate surface area is 309 Å². The molecule has 0 atom stereocenters. The normalized spacial score (nSPS) is 13.2. The number of hydrogen-bond acceptors (Lipinski definition) is 0. The molecule has 11 rings (SSSR count). The number of benzene rings is 10. The Morgan fingerprint density at radius 3 is 1.45 bits per heavy atom. The lowest BCUT2D eigenvalue weighted by atomic mass is 9.79. The fourth-order valence-electron chi connectivity index (χ4n) is 9.71. The number of fused-ring (bicyclic) bond motifs is 11. The zero-order valence-electron chi connectivity index (χ0n) is 29.8. The molecule has 0 fully saturated rings. The Morgan fingerprint density at radius 2 is 0.774 bits per heavy atom. The van der Waals surface area contributed by atoms with E-state index < -0.39 is 0 Å². The van der Waals surface area contributed by atoms with Crippen LogP contribution >= 0.6 is 0 Å². The maximum Gasteiger partial charge on any atom is 0.0165 e. The van der Waals surface area contributed by atoms with Gasteiger partial charge in [-0.1, -0.05) is 184 Å². The van der Waals surface area contributed by atoms with Gasteiger partial charge in [-0.2, -0.15) is 0 Å². The van der Waals surface area contributed by atoms with Crippen LogP contribution < -0.4 is 0 Å². The lowest BCUT2D eigenvalue weighted by Crippen LogP contribution is -2.15. The van der Waals surface area contributed by atoms with Crippen molar-refractivity contribution in [1.82, 2.24) is 0 Å². The molecule has 0 nitrogen and oxygen atoms in total. The summed E-state index contributed by atoms with van der Waals surface area (Å²) < 4.78 is 0. The standard InChI is InChI=1S/C53H36/c1-53(2)48-30-29-35(32-47(48)51-41-22-7-5-20-38(41)39-21-6-12-27-46(39)52(51)53)34-17-13-18-36(31-34)49-42-23-8-10-25-44(42)50(45-26-11-9-24-43(45)49)40-28-14-16-33-15-3-4-19-37(33)40/h3-32H,1-2H3. The van der Waals surface area contributed by atoms with Crippen LogP contribution in [0.4, 0.5) is 0 Å². The monoisotopic (exact) mass is 672 g/mol. The van der Waals surface area contributed by atoms with Crippen molar-refractivity contribution in [2.24, 2.45) is 0 Å². The second-order valence-corrected chi connectivity index (χ2v) is 15.2. The summed E-state index contributed by atoms with van der Waals surface area (Å²) >= 11 is 0. The summed E-state index contributed by atoms with van der Waals surface area (Å²) in [4.78, 5) is 0. The van der Waals surface area contributed by atoms with Crippen molar-refractivity contribution in [1.29, 1.82) is 0 Å². The highest BCUT2D eigenvalue weighted by Crippen LogP contribution is 2.55. The van der Waals surface area contributed by atoms with E-state index in [9.17, 15) is 0 Å². The smallest absolute Gasteiger partial charge is 0.0165 e. The summed E-state index contributed by atoms with van der Waals surface area (Å²) in [5.41, 5.74) is 13.0. The maximum atomic E-state index is 2.46. The SMILES string of the molecule is CC1(C)c2ccc(-c3cccc(-c4c5ccccc5c(-c5cccc6ccccc56)c5ccccc45)c3)cc2-c2c1c1ccccc1c1ccccc21. The van der Waals surface area contributed by atoms with E-state index in [1.54, 1.807) is 0 Å². The molecule has 0 unspecified atom stereocenters. The van der Waals surface area contributed by atoms with Gasteiger partial charge in [-0.15, -0.1) is 0 Å². The summed E-state index contributed by atoms with van der Waals surface area (Å²) in [7, 11) is 0. The van der Waals surface area contributed by atoms with Gasteiger partial charge in [-0.25, -0.2) is 0 Å². The minimum absolute atomic E-state index is 0.113. The fourth-order valence-corrected chi connectivity index (χ4v) is 9.71. The zero-order valence-corrected chi connectivity index (χ0v) is 29.8. The highest BCUT2D eigenvalue weighted by Gasteiger charge is 2.38. The van der Waals surface area contributed by atoms with E-state index in [0.717, 1.165) is 0 Å². The molecule has 1 aliphatic carbocycles. The van der Waals surface area contributed by atoms with Crippen molar-refractivity contribution < 1.29 is 0 Å². The molecule has 0 spiro atoms. The lowest BCUT2D eigenvalue weighted by molar-refractivity contribution is 0.666. The second kappa shape index (κ2) is 11.2. The molecule has 0 N–H and O–H groups in total. The second-order valence-electron chi connectivity index (χ2n) is 15.2.